The molecular formula is C14H22ClFN2. The van der Waals surface area contributed by atoms with Crippen LogP contribution in [0.2, 0.25) is 5.02 Å². The van der Waals surface area contributed by atoms with Crippen LogP contribution in [0.3, 0.4) is 0 Å². The van der Waals surface area contributed by atoms with E-state index in [-0.39, 0.29) is 22.4 Å². The fraction of sp³-hybridized carbons (Fsp3) is 0.571. The van der Waals surface area contributed by atoms with Gasteiger partial charge in [-0.1, -0.05) is 23.7 Å². The molecule has 102 valence electrons. The average molecular weight is 273 g/mol. The van der Waals surface area contributed by atoms with E-state index in [1.165, 1.54) is 0 Å². The van der Waals surface area contributed by atoms with Crippen molar-refractivity contribution in [3.8, 4) is 0 Å². The van der Waals surface area contributed by atoms with Crippen molar-refractivity contribution < 1.29 is 4.39 Å². The van der Waals surface area contributed by atoms with Crippen molar-refractivity contribution in [3.05, 3.63) is 34.6 Å². The minimum absolute atomic E-state index is 0.0945. The molecule has 0 saturated heterocycles. The lowest BCUT2D eigenvalue weighted by Crippen LogP contribution is -2.44. The Balaban J connectivity index is 2.43. The molecule has 0 heterocycles. The van der Waals surface area contributed by atoms with Gasteiger partial charge in [-0.3, -0.25) is 0 Å². The largest absolute Gasteiger partial charge is 0.311 e. The van der Waals surface area contributed by atoms with Crippen LogP contribution >= 0.6 is 11.6 Å². The van der Waals surface area contributed by atoms with Crippen molar-refractivity contribution in [2.45, 2.75) is 45.8 Å². The summed E-state index contributed by atoms with van der Waals surface area (Å²) in [5.41, 5.74) is 0.696. The second-order valence-electron chi connectivity index (χ2n) is 5.63. The summed E-state index contributed by atoms with van der Waals surface area (Å²) in [6, 6.07) is 5.34. The molecule has 0 amide bonds. The first-order chi connectivity index (χ1) is 8.29. The highest BCUT2D eigenvalue weighted by Crippen LogP contribution is 2.17. The minimum atomic E-state index is -0.331. The topological polar surface area (TPSA) is 24.1 Å². The molecule has 1 rings (SSSR count). The summed E-state index contributed by atoms with van der Waals surface area (Å²) in [4.78, 5) is 0. The van der Waals surface area contributed by atoms with Crippen LogP contribution in [0.1, 0.15) is 33.3 Å². The van der Waals surface area contributed by atoms with Gasteiger partial charge in [0.2, 0.25) is 0 Å². The summed E-state index contributed by atoms with van der Waals surface area (Å²) in [5.74, 6) is -0.331. The van der Waals surface area contributed by atoms with Gasteiger partial charge in [0.05, 0.1) is 5.02 Å². The maximum Gasteiger partial charge on any atom is 0.146 e. The van der Waals surface area contributed by atoms with E-state index < -0.39 is 0 Å². The normalized spacial score (nSPS) is 13.7. The third-order valence-corrected chi connectivity index (χ3v) is 2.90. The van der Waals surface area contributed by atoms with E-state index in [0.29, 0.717) is 12.1 Å². The second kappa shape index (κ2) is 6.50. The van der Waals surface area contributed by atoms with Gasteiger partial charge in [-0.15, -0.1) is 0 Å². The molecule has 1 unspecified atom stereocenters. The molecule has 1 aromatic rings. The summed E-state index contributed by atoms with van der Waals surface area (Å²) >= 11 is 5.74. The Hall–Kier alpha value is -0.640. The summed E-state index contributed by atoms with van der Waals surface area (Å²) in [6.07, 6.45) is 0. The molecule has 1 aromatic carbocycles. The average Bonchev–Trinajstić information content (AvgIpc) is 2.27. The third-order valence-electron chi connectivity index (χ3n) is 2.61. The monoisotopic (exact) mass is 272 g/mol. The zero-order valence-corrected chi connectivity index (χ0v) is 12.2. The molecular weight excluding hydrogens is 251 g/mol. The highest BCUT2D eigenvalue weighted by atomic mass is 35.5. The highest BCUT2D eigenvalue weighted by molar-refractivity contribution is 6.30. The SMILES string of the molecule is CC(CNC(C)(C)C)NCc1cccc(Cl)c1F. The van der Waals surface area contributed by atoms with Gasteiger partial charge >= 0.3 is 0 Å². The Bertz CT molecular complexity index is 388. The van der Waals surface area contributed by atoms with E-state index in [9.17, 15) is 4.39 Å². The van der Waals surface area contributed by atoms with E-state index in [1.54, 1.807) is 18.2 Å². The van der Waals surface area contributed by atoms with Crippen LogP contribution in [0.15, 0.2) is 18.2 Å². The number of hydrogen-bond acceptors (Lipinski definition) is 2. The number of rotatable bonds is 5. The zero-order valence-electron chi connectivity index (χ0n) is 11.5. The first-order valence-corrected chi connectivity index (χ1v) is 6.58. The first kappa shape index (κ1) is 15.4. The molecule has 4 heteroatoms. The van der Waals surface area contributed by atoms with Crippen molar-refractivity contribution in [1.29, 1.82) is 0 Å². The van der Waals surface area contributed by atoms with Gasteiger partial charge in [0.1, 0.15) is 5.82 Å². The van der Waals surface area contributed by atoms with Gasteiger partial charge in [0.25, 0.3) is 0 Å². The lowest BCUT2D eigenvalue weighted by molar-refractivity contribution is 0.386. The molecule has 0 aliphatic rings. The van der Waals surface area contributed by atoms with Crippen molar-refractivity contribution in [2.24, 2.45) is 0 Å². The van der Waals surface area contributed by atoms with Crippen molar-refractivity contribution in [2.75, 3.05) is 6.54 Å². The summed E-state index contributed by atoms with van der Waals surface area (Å²) in [5, 5.41) is 6.86. The highest BCUT2D eigenvalue weighted by Gasteiger charge is 2.11. The summed E-state index contributed by atoms with van der Waals surface area (Å²) < 4.78 is 13.6. The first-order valence-electron chi connectivity index (χ1n) is 6.21. The molecule has 0 saturated carbocycles. The Morgan fingerprint density at radius 2 is 2.00 bits per heavy atom. The smallest absolute Gasteiger partial charge is 0.146 e. The Morgan fingerprint density at radius 1 is 1.33 bits per heavy atom. The van der Waals surface area contributed by atoms with E-state index >= 15 is 0 Å². The molecule has 0 radical (unpaired) electrons. The van der Waals surface area contributed by atoms with Crippen LogP contribution in [0.5, 0.6) is 0 Å². The summed E-state index contributed by atoms with van der Waals surface area (Å²) in [7, 11) is 0. The van der Waals surface area contributed by atoms with Crippen LogP contribution in [0.4, 0.5) is 4.39 Å². The van der Waals surface area contributed by atoms with Gasteiger partial charge < -0.3 is 10.6 Å². The van der Waals surface area contributed by atoms with E-state index in [2.05, 4.69) is 38.3 Å². The van der Waals surface area contributed by atoms with Gasteiger partial charge in [0.15, 0.2) is 0 Å². The number of nitrogens with one attached hydrogen (secondary N) is 2. The molecule has 2 nitrogen and oxygen atoms in total. The molecule has 0 aromatic heterocycles. The standard InChI is InChI=1S/C14H22ClFN2/c1-10(8-18-14(2,3)4)17-9-11-6-5-7-12(15)13(11)16/h5-7,10,17-18H,8-9H2,1-4H3. The van der Waals surface area contributed by atoms with Gasteiger partial charge in [-0.25, -0.2) is 4.39 Å². The predicted octanol–water partition coefficient (Wildman–Crippen LogP) is 3.35. The number of benzene rings is 1. The van der Waals surface area contributed by atoms with E-state index in [1.807, 2.05) is 0 Å². The van der Waals surface area contributed by atoms with Crippen molar-refractivity contribution in [3.63, 3.8) is 0 Å². The zero-order chi connectivity index (χ0) is 13.8. The fourth-order valence-corrected chi connectivity index (χ4v) is 1.69. The maximum atomic E-state index is 13.6. The Morgan fingerprint density at radius 3 is 2.61 bits per heavy atom. The lowest BCUT2D eigenvalue weighted by atomic mass is 10.1. The fourth-order valence-electron chi connectivity index (χ4n) is 1.50. The van der Waals surface area contributed by atoms with Crippen LogP contribution in [-0.2, 0) is 6.54 Å². The molecule has 0 fully saturated rings. The minimum Gasteiger partial charge on any atom is -0.311 e. The van der Waals surface area contributed by atoms with Gasteiger partial charge in [-0.05, 0) is 33.8 Å². The van der Waals surface area contributed by atoms with Gasteiger partial charge in [0, 0.05) is 30.2 Å². The van der Waals surface area contributed by atoms with Crippen LogP contribution in [0, 0.1) is 5.82 Å². The quantitative estimate of drug-likeness (QED) is 0.859. The van der Waals surface area contributed by atoms with E-state index in [0.717, 1.165) is 6.54 Å². The van der Waals surface area contributed by atoms with E-state index in [4.69, 9.17) is 11.6 Å². The molecule has 0 aliphatic heterocycles. The third kappa shape index (κ3) is 5.34. The number of halogens is 2. The molecule has 0 spiro atoms. The second-order valence-corrected chi connectivity index (χ2v) is 6.03. The molecule has 2 N–H and O–H groups in total. The van der Waals surface area contributed by atoms with Crippen molar-refractivity contribution >= 4 is 11.6 Å². The number of hydrogen-bond donors (Lipinski definition) is 2. The molecule has 1 atom stereocenters. The lowest BCUT2D eigenvalue weighted by Gasteiger charge is -2.24. The molecule has 0 bridgehead atoms. The van der Waals surface area contributed by atoms with Gasteiger partial charge in [-0.2, -0.15) is 0 Å². The molecule has 0 aliphatic carbocycles. The Kier molecular flexibility index (Phi) is 5.57. The molecule has 18 heavy (non-hydrogen) atoms. The van der Waals surface area contributed by atoms with Crippen LogP contribution < -0.4 is 10.6 Å². The van der Waals surface area contributed by atoms with Crippen LogP contribution in [0.25, 0.3) is 0 Å². The predicted molar refractivity (Wildman–Crippen MR) is 75.5 cm³/mol. The van der Waals surface area contributed by atoms with Crippen molar-refractivity contribution in [1.82, 2.24) is 10.6 Å². The van der Waals surface area contributed by atoms with Crippen LogP contribution in [-0.4, -0.2) is 18.1 Å². The Labute approximate surface area is 114 Å². The maximum absolute atomic E-state index is 13.6. The summed E-state index contributed by atoms with van der Waals surface area (Å²) in [6.45, 7) is 9.76.